The number of likely N-dealkylation sites (tertiary alicyclic amines) is 1. The summed E-state index contributed by atoms with van der Waals surface area (Å²) in [5.41, 5.74) is 2.40. The minimum absolute atomic E-state index is 0.151. The molecule has 184 valence electrons. The van der Waals surface area contributed by atoms with Crippen LogP contribution in [0.15, 0.2) is 48.5 Å². The molecule has 0 bridgehead atoms. The molecule has 2 aromatic rings. The third-order valence-electron chi connectivity index (χ3n) is 5.19. The van der Waals surface area contributed by atoms with Gasteiger partial charge in [0.1, 0.15) is 0 Å². The Labute approximate surface area is 193 Å². The second-order valence-electron chi connectivity index (χ2n) is 7.74. The number of nitrogens with one attached hydrogen (secondary N) is 1. The number of benzene rings is 2. The molecule has 0 unspecified atom stereocenters. The fraction of sp³-hybridized carbons (Fsp3) is 0.348. The highest BCUT2D eigenvalue weighted by atomic mass is 19.4. The van der Waals surface area contributed by atoms with E-state index in [9.17, 15) is 27.9 Å². The molecule has 0 aliphatic carbocycles. The second-order valence-corrected chi connectivity index (χ2v) is 7.74. The summed E-state index contributed by atoms with van der Waals surface area (Å²) in [7, 11) is 0. The first-order valence-electron chi connectivity index (χ1n) is 10.4. The molecule has 3 rings (SSSR count). The molecule has 1 fully saturated rings. The SMILES string of the molecule is O=C(O)C(F)(F)F.O=C(O)c1ccc(C(=O)Nc2cccc(CN3CCC(CO)CC3)c2)cc1. The summed E-state index contributed by atoms with van der Waals surface area (Å²) >= 11 is 0. The standard InChI is InChI=1S/C21H24N2O4.C2HF3O2/c24-14-15-8-10-23(11-9-15)13-16-2-1-3-19(12-16)22-20(25)17-4-6-18(7-5-17)21(26)27;3-2(4,5)1(6)7/h1-7,12,15,24H,8-11,13-14H2,(H,22,25)(H,26,27);(H,6,7). The number of aliphatic hydroxyl groups is 1. The van der Waals surface area contributed by atoms with E-state index in [1.807, 2.05) is 24.3 Å². The van der Waals surface area contributed by atoms with Crippen molar-refractivity contribution in [2.24, 2.45) is 5.92 Å². The lowest BCUT2D eigenvalue weighted by molar-refractivity contribution is -0.192. The molecule has 0 aromatic heterocycles. The summed E-state index contributed by atoms with van der Waals surface area (Å²) in [4.78, 5) is 34.5. The van der Waals surface area contributed by atoms with Crippen LogP contribution in [-0.4, -0.2) is 63.9 Å². The van der Waals surface area contributed by atoms with E-state index in [4.69, 9.17) is 15.0 Å². The number of carbonyl (C=O) groups excluding carboxylic acids is 1. The van der Waals surface area contributed by atoms with Crippen LogP contribution < -0.4 is 5.32 Å². The predicted molar refractivity (Wildman–Crippen MR) is 117 cm³/mol. The molecule has 1 saturated heterocycles. The van der Waals surface area contributed by atoms with Crippen molar-refractivity contribution in [2.45, 2.75) is 25.6 Å². The van der Waals surface area contributed by atoms with Gasteiger partial charge in [0.15, 0.2) is 0 Å². The first-order chi connectivity index (χ1) is 16.0. The number of aromatic carboxylic acids is 1. The normalized spacial score (nSPS) is 14.6. The van der Waals surface area contributed by atoms with E-state index in [-0.39, 0.29) is 18.1 Å². The second kappa shape index (κ2) is 12.1. The van der Waals surface area contributed by atoms with Crippen molar-refractivity contribution in [2.75, 3.05) is 25.0 Å². The van der Waals surface area contributed by atoms with Gasteiger partial charge in [-0.25, -0.2) is 9.59 Å². The zero-order chi connectivity index (χ0) is 25.3. The third-order valence-corrected chi connectivity index (χ3v) is 5.19. The molecule has 2 aromatic carbocycles. The van der Waals surface area contributed by atoms with E-state index < -0.39 is 18.1 Å². The number of hydrogen-bond donors (Lipinski definition) is 4. The summed E-state index contributed by atoms with van der Waals surface area (Å²) in [5, 5.41) is 28.1. The number of aliphatic hydroxyl groups excluding tert-OH is 1. The van der Waals surface area contributed by atoms with Gasteiger partial charge in [-0.2, -0.15) is 13.2 Å². The van der Waals surface area contributed by atoms with Crippen LogP contribution in [0, 0.1) is 5.92 Å². The van der Waals surface area contributed by atoms with Crippen molar-refractivity contribution >= 4 is 23.5 Å². The predicted octanol–water partition coefficient (Wildman–Crippen LogP) is 3.47. The van der Waals surface area contributed by atoms with Crippen LogP contribution in [0.5, 0.6) is 0 Å². The summed E-state index contributed by atoms with van der Waals surface area (Å²) in [6.07, 6.45) is -3.06. The van der Waals surface area contributed by atoms with E-state index in [0.717, 1.165) is 38.0 Å². The van der Waals surface area contributed by atoms with Crippen molar-refractivity contribution in [3.05, 3.63) is 65.2 Å². The van der Waals surface area contributed by atoms with Gasteiger partial charge in [-0.1, -0.05) is 12.1 Å². The van der Waals surface area contributed by atoms with Crippen LogP contribution in [-0.2, 0) is 11.3 Å². The van der Waals surface area contributed by atoms with Gasteiger partial charge in [0, 0.05) is 24.4 Å². The number of rotatable bonds is 6. The molecular formula is C23H25F3N2O6. The molecule has 0 spiro atoms. The molecule has 0 atom stereocenters. The Hall–Kier alpha value is -3.44. The van der Waals surface area contributed by atoms with Crippen LogP contribution in [0.4, 0.5) is 18.9 Å². The number of carbonyl (C=O) groups is 3. The van der Waals surface area contributed by atoms with E-state index in [2.05, 4.69) is 10.2 Å². The van der Waals surface area contributed by atoms with Crippen LogP contribution in [0.1, 0.15) is 39.1 Å². The first kappa shape index (κ1) is 26.8. The lowest BCUT2D eigenvalue weighted by atomic mass is 9.97. The number of piperidine rings is 1. The minimum Gasteiger partial charge on any atom is -0.478 e. The van der Waals surface area contributed by atoms with Gasteiger partial charge in [0.25, 0.3) is 5.91 Å². The van der Waals surface area contributed by atoms with Crippen LogP contribution in [0.25, 0.3) is 0 Å². The highest BCUT2D eigenvalue weighted by Gasteiger charge is 2.38. The maximum atomic E-state index is 12.4. The van der Waals surface area contributed by atoms with Gasteiger partial charge in [0.2, 0.25) is 0 Å². The van der Waals surface area contributed by atoms with Crippen LogP contribution in [0.2, 0.25) is 0 Å². The van der Waals surface area contributed by atoms with Gasteiger partial charge in [0.05, 0.1) is 5.56 Å². The molecule has 0 radical (unpaired) electrons. The molecule has 1 aliphatic heterocycles. The first-order valence-corrected chi connectivity index (χ1v) is 10.4. The van der Waals surface area contributed by atoms with Gasteiger partial charge in [-0.15, -0.1) is 0 Å². The highest BCUT2D eigenvalue weighted by Crippen LogP contribution is 2.20. The Morgan fingerprint density at radius 1 is 0.971 bits per heavy atom. The van der Waals surface area contributed by atoms with Crippen molar-refractivity contribution in [1.82, 2.24) is 4.90 Å². The average Bonchev–Trinajstić information content (AvgIpc) is 2.79. The van der Waals surface area contributed by atoms with Crippen molar-refractivity contribution in [3.63, 3.8) is 0 Å². The van der Waals surface area contributed by atoms with Gasteiger partial charge in [-0.3, -0.25) is 9.69 Å². The van der Waals surface area contributed by atoms with E-state index in [0.29, 0.717) is 17.2 Å². The molecular weight excluding hydrogens is 457 g/mol. The Bertz CT molecular complexity index is 987. The number of carboxylic acid groups (broad SMARTS) is 2. The number of carboxylic acids is 2. The van der Waals surface area contributed by atoms with E-state index >= 15 is 0 Å². The van der Waals surface area contributed by atoms with E-state index in [1.165, 1.54) is 24.3 Å². The fourth-order valence-corrected chi connectivity index (χ4v) is 3.30. The van der Waals surface area contributed by atoms with Gasteiger partial charge >= 0.3 is 18.1 Å². The Kier molecular flexibility index (Phi) is 9.58. The van der Waals surface area contributed by atoms with Crippen molar-refractivity contribution < 1.29 is 42.9 Å². The van der Waals surface area contributed by atoms with Crippen molar-refractivity contribution in [3.8, 4) is 0 Å². The number of hydrogen-bond acceptors (Lipinski definition) is 5. The number of amides is 1. The number of aliphatic carboxylic acids is 1. The molecule has 0 saturated carbocycles. The maximum absolute atomic E-state index is 12.4. The highest BCUT2D eigenvalue weighted by molar-refractivity contribution is 6.04. The Balaban J connectivity index is 0.000000509. The summed E-state index contributed by atoms with van der Waals surface area (Å²) in [6.45, 7) is 3.02. The molecule has 34 heavy (non-hydrogen) atoms. The van der Waals surface area contributed by atoms with Crippen molar-refractivity contribution in [1.29, 1.82) is 0 Å². The smallest absolute Gasteiger partial charge is 0.478 e. The Morgan fingerprint density at radius 2 is 1.53 bits per heavy atom. The zero-order valence-corrected chi connectivity index (χ0v) is 18.1. The topological polar surface area (TPSA) is 127 Å². The summed E-state index contributed by atoms with van der Waals surface area (Å²) < 4.78 is 31.7. The number of halogens is 3. The fourth-order valence-electron chi connectivity index (χ4n) is 3.30. The summed E-state index contributed by atoms with van der Waals surface area (Å²) in [6, 6.07) is 13.6. The molecule has 11 heteroatoms. The molecule has 1 heterocycles. The lowest BCUT2D eigenvalue weighted by Crippen LogP contribution is -2.34. The molecule has 4 N–H and O–H groups in total. The lowest BCUT2D eigenvalue weighted by Gasteiger charge is -2.31. The zero-order valence-electron chi connectivity index (χ0n) is 18.1. The molecule has 1 amide bonds. The maximum Gasteiger partial charge on any atom is 0.490 e. The Morgan fingerprint density at radius 3 is 2.03 bits per heavy atom. The number of nitrogens with zero attached hydrogens (tertiary/aromatic N) is 1. The van der Waals surface area contributed by atoms with Gasteiger partial charge in [-0.05, 0) is 73.8 Å². The summed E-state index contributed by atoms with van der Waals surface area (Å²) in [5.74, 6) is -3.63. The number of alkyl halides is 3. The van der Waals surface area contributed by atoms with Crippen LogP contribution >= 0.6 is 0 Å². The van der Waals surface area contributed by atoms with Gasteiger partial charge < -0.3 is 20.6 Å². The quantitative estimate of drug-likeness (QED) is 0.497. The van der Waals surface area contributed by atoms with E-state index in [1.54, 1.807) is 0 Å². The minimum atomic E-state index is -5.08. The largest absolute Gasteiger partial charge is 0.490 e. The molecule has 8 nitrogen and oxygen atoms in total. The molecule has 1 aliphatic rings. The monoisotopic (exact) mass is 482 g/mol. The average molecular weight is 482 g/mol. The number of anilines is 1. The van der Waals surface area contributed by atoms with Crippen LogP contribution in [0.3, 0.4) is 0 Å². The third kappa shape index (κ3) is 8.49.